The van der Waals surface area contributed by atoms with Gasteiger partial charge in [0.1, 0.15) is 6.04 Å². The molecule has 0 bridgehead atoms. The Kier molecular flexibility index (Phi) is 7.57. The largest absolute Gasteiger partial charge is 0.347 e. The molecule has 6 nitrogen and oxygen atoms in total. The minimum atomic E-state index is -0.558. The van der Waals surface area contributed by atoms with E-state index < -0.39 is 12.1 Å². The van der Waals surface area contributed by atoms with Crippen LogP contribution in [-0.4, -0.2) is 40.3 Å². The first-order valence-corrected chi connectivity index (χ1v) is 10.8. The standard InChI is InChI=1S/C24H32N4O2/c1-17(2)15-20(25)24(30)28-14-8-12-22(28)23(29)27-21(18-9-4-3-5-10-18)16-19-11-6-7-13-26-19/h3-7,9-11,13,17,20-22H,8,12,14-16,25H2,1-2H3,(H,27,29)/t20-,21-,22?/m0/s1. The minimum Gasteiger partial charge on any atom is -0.347 e. The van der Waals surface area contributed by atoms with Crippen LogP contribution in [0, 0.1) is 5.92 Å². The monoisotopic (exact) mass is 408 g/mol. The van der Waals surface area contributed by atoms with E-state index in [1.165, 1.54) is 0 Å². The van der Waals surface area contributed by atoms with E-state index in [9.17, 15) is 9.59 Å². The average Bonchev–Trinajstić information content (AvgIpc) is 3.23. The maximum atomic E-state index is 13.2. The Hall–Kier alpha value is -2.73. The second-order valence-corrected chi connectivity index (χ2v) is 8.42. The van der Waals surface area contributed by atoms with E-state index in [1.807, 2.05) is 62.4 Å². The van der Waals surface area contributed by atoms with E-state index in [1.54, 1.807) is 11.1 Å². The molecule has 2 aromatic rings. The van der Waals surface area contributed by atoms with Gasteiger partial charge in [-0.05, 0) is 42.9 Å². The molecule has 0 spiro atoms. The molecule has 160 valence electrons. The first-order chi connectivity index (χ1) is 14.5. The molecular formula is C24H32N4O2. The SMILES string of the molecule is CC(C)C[C@H](N)C(=O)N1CCCC1C(=O)N[C@@H](Cc1ccccn1)c1ccccc1. The van der Waals surface area contributed by atoms with Gasteiger partial charge < -0.3 is 16.0 Å². The lowest BCUT2D eigenvalue weighted by Crippen LogP contribution is -2.52. The Morgan fingerprint density at radius 1 is 1.17 bits per heavy atom. The van der Waals surface area contributed by atoms with Crippen LogP contribution >= 0.6 is 0 Å². The van der Waals surface area contributed by atoms with Gasteiger partial charge in [-0.15, -0.1) is 0 Å². The first-order valence-electron chi connectivity index (χ1n) is 10.8. The van der Waals surface area contributed by atoms with Gasteiger partial charge in [-0.25, -0.2) is 0 Å². The van der Waals surface area contributed by atoms with Crippen LogP contribution in [0.3, 0.4) is 0 Å². The van der Waals surface area contributed by atoms with Crippen molar-refractivity contribution in [1.82, 2.24) is 15.2 Å². The van der Waals surface area contributed by atoms with Gasteiger partial charge in [0.05, 0.1) is 12.1 Å². The Labute approximate surface area is 178 Å². The molecule has 30 heavy (non-hydrogen) atoms. The summed E-state index contributed by atoms with van der Waals surface area (Å²) in [4.78, 5) is 32.1. The molecule has 6 heteroatoms. The second kappa shape index (κ2) is 10.3. The van der Waals surface area contributed by atoms with E-state index in [4.69, 9.17) is 5.73 Å². The third-order valence-corrected chi connectivity index (χ3v) is 5.54. The fourth-order valence-corrected chi connectivity index (χ4v) is 4.06. The number of carbonyl (C=O) groups excluding carboxylic acids is 2. The summed E-state index contributed by atoms with van der Waals surface area (Å²) in [5, 5.41) is 3.17. The van der Waals surface area contributed by atoms with Crippen LogP contribution < -0.4 is 11.1 Å². The summed E-state index contributed by atoms with van der Waals surface area (Å²) in [7, 11) is 0. The number of likely N-dealkylation sites (tertiary alicyclic amines) is 1. The van der Waals surface area contributed by atoms with Crippen LogP contribution in [0.25, 0.3) is 0 Å². The molecule has 2 heterocycles. The first kappa shape index (κ1) is 22.0. The molecule has 1 fully saturated rings. The minimum absolute atomic E-state index is 0.123. The van der Waals surface area contributed by atoms with Crippen molar-refractivity contribution in [2.24, 2.45) is 11.7 Å². The Bertz CT molecular complexity index is 826. The number of pyridine rings is 1. The highest BCUT2D eigenvalue weighted by Crippen LogP contribution is 2.23. The van der Waals surface area contributed by atoms with Gasteiger partial charge in [0.15, 0.2) is 0 Å². The normalized spacial score (nSPS) is 18.3. The van der Waals surface area contributed by atoms with Gasteiger partial charge in [0, 0.05) is 24.9 Å². The number of nitrogens with two attached hydrogens (primary N) is 1. The second-order valence-electron chi connectivity index (χ2n) is 8.42. The molecule has 0 radical (unpaired) electrons. The highest BCUT2D eigenvalue weighted by Gasteiger charge is 2.37. The summed E-state index contributed by atoms with van der Waals surface area (Å²) in [5.74, 6) is 0.0874. The topological polar surface area (TPSA) is 88.3 Å². The fourth-order valence-electron chi connectivity index (χ4n) is 4.06. The lowest BCUT2D eigenvalue weighted by Gasteiger charge is -2.29. The summed E-state index contributed by atoms with van der Waals surface area (Å²) >= 11 is 0. The van der Waals surface area contributed by atoms with Crippen molar-refractivity contribution in [2.45, 2.75) is 57.7 Å². The lowest BCUT2D eigenvalue weighted by atomic mass is 10.0. The molecule has 1 aromatic heterocycles. The number of rotatable bonds is 8. The van der Waals surface area contributed by atoms with Crippen molar-refractivity contribution >= 4 is 11.8 Å². The number of hydrogen-bond acceptors (Lipinski definition) is 4. The highest BCUT2D eigenvalue weighted by atomic mass is 16.2. The number of carbonyl (C=O) groups is 2. The Morgan fingerprint density at radius 2 is 1.90 bits per heavy atom. The van der Waals surface area contributed by atoms with Crippen LogP contribution in [0.2, 0.25) is 0 Å². The molecular weight excluding hydrogens is 376 g/mol. The van der Waals surface area contributed by atoms with E-state index in [0.29, 0.717) is 31.7 Å². The van der Waals surface area contributed by atoms with Crippen LogP contribution in [0.15, 0.2) is 54.7 Å². The molecule has 1 unspecified atom stereocenters. The average molecular weight is 409 g/mol. The van der Waals surface area contributed by atoms with Crippen molar-refractivity contribution in [3.8, 4) is 0 Å². The number of hydrogen-bond donors (Lipinski definition) is 2. The van der Waals surface area contributed by atoms with Crippen LogP contribution in [0.4, 0.5) is 0 Å². The van der Waals surface area contributed by atoms with Crippen molar-refractivity contribution in [3.05, 3.63) is 66.0 Å². The summed E-state index contributed by atoms with van der Waals surface area (Å²) < 4.78 is 0. The summed E-state index contributed by atoms with van der Waals surface area (Å²) in [6, 6.07) is 14.4. The molecule has 0 aliphatic carbocycles. The summed E-state index contributed by atoms with van der Waals surface area (Å²) in [5.41, 5.74) is 8.05. The summed E-state index contributed by atoms with van der Waals surface area (Å²) in [6.07, 6.45) is 4.44. The van der Waals surface area contributed by atoms with Gasteiger partial charge in [-0.3, -0.25) is 14.6 Å². The quantitative estimate of drug-likeness (QED) is 0.703. The molecule has 1 aliphatic rings. The molecule has 0 saturated carbocycles. The third kappa shape index (κ3) is 5.66. The number of amides is 2. The lowest BCUT2D eigenvalue weighted by molar-refractivity contribution is -0.140. The zero-order chi connectivity index (χ0) is 21.5. The zero-order valence-corrected chi connectivity index (χ0v) is 17.8. The molecule has 3 N–H and O–H groups in total. The molecule has 3 atom stereocenters. The predicted octanol–water partition coefficient (Wildman–Crippen LogP) is 2.85. The van der Waals surface area contributed by atoms with E-state index in [0.717, 1.165) is 17.7 Å². The van der Waals surface area contributed by atoms with Crippen LogP contribution in [0.5, 0.6) is 0 Å². The maximum absolute atomic E-state index is 13.2. The van der Waals surface area contributed by atoms with Crippen molar-refractivity contribution in [2.75, 3.05) is 6.54 Å². The van der Waals surface area contributed by atoms with Crippen LogP contribution in [-0.2, 0) is 16.0 Å². The van der Waals surface area contributed by atoms with Crippen molar-refractivity contribution in [3.63, 3.8) is 0 Å². The molecule has 1 aromatic carbocycles. The number of aromatic nitrogens is 1. The Balaban J connectivity index is 1.73. The van der Waals surface area contributed by atoms with Crippen molar-refractivity contribution in [1.29, 1.82) is 0 Å². The molecule has 3 rings (SSSR count). The highest BCUT2D eigenvalue weighted by molar-refractivity contribution is 5.90. The van der Waals surface area contributed by atoms with E-state index in [-0.39, 0.29) is 17.9 Å². The van der Waals surface area contributed by atoms with Gasteiger partial charge in [0.25, 0.3) is 0 Å². The van der Waals surface area contributed by atoms with E-state index in [2.05, 4.69) is 10.3 Å². The molecule has 2 amide bonds. The third-order valence-electron chi connectivity index (χ3n) is 5.54. The summed E-state index contributed by atoms with van der Waals surface area (Å²) in [6.45, 7) is 4.67. The van der Waals surface area contributed by atoms with Gasteiger partial charge in [-0.1, -0.05) is 50.2 Å². The van der Waals surface area contributed by atoms with E-state index >= 15 is 0 Å². The smallest absolute Gasteiger partial charge is 0.243 e. The van der Waals surface area contributed by atoms with Gasteiger partial charge in [0.2, 0.25) is 11.8 Å². The van der Waals surface area contributed by atoms with Gasteiger partial charge in [-0.2, -0.15) is 0 Å². The predicted molar refractivity (Wildman–Crippen MR) is 117 cm³/mol. The maximum Gasteiger partial charge on any atom is 0.243 e. The molecule has 1 aliphatic heterocycles. The number of nitrogens with one attached hydrogen (secondary N) is 1. The Morgan fingerprint density at radius 3 is 2.57 bits per heavy atom. The van der Waals surface area contributed by atoms with Crippen LogP contribution in [0.1, 0.15) is 50.4 Å². The number of nitrogens with zero attached hydrogens (tertiary/aromatic N) is 2. The molecule has 1 saturated heterocycles. The van der Waals surface area contributed by atoms with Crippen molar-refractivity contribution < 1.29 is 9.59 Å². The zero-order valence-electron chi connectivity index (χ0n) is 17.8. The fraction of sp³-hybridized carbons (Fsp3) is 0.458. The van der Waals surface area contributed by atoms with Gasteiger partial charge >= 0.3 is 0 Å². The number of benzene rings is 1.